The third-order valence-electron chi connectivity index (χ3n) is 1.98. The van der Waals surface area contributed by atoms with E-state index in [1.807, 2.05) is 0 Å². The molecule has 0 spiro atoms. The molecule has 0 saturated carbocycles. The number of carbonyl (C=O) groups excluding carboxylic acids is 2. The van der Waals surface area contributed by atoms with E-state index in [1.54, 1.807) is 18.2 Å². The van der Waals surface area contributed by atoms with Gasteiger partial charge in [-0.2, -0.15) is 0 Å². The third-order valence-corrected chi connectivity index (χ3v) is 2.17. The Kier molecular flexibility index (Phi) is 4.92. The van der Waals surface area contributed by atoms with Crippen molar-refractivity contribution in [2.24, 2.45) is 0 Å². The summed E-state index contributed by atoms with van der Waals surface area (Å²) >= 11 is 5.09. The van der Waals surface area contributed by atoms with Gasteiger partial charge in [0.15, 0.2) is 0 Å². The zero-order valence-electron chi connectivity index (χ0n) is 8.50. The lowest BCUT2D eigenvalue weighted by Crippen LogP contribution is -2.23. The summed E-state index contributed by atoms with van der Waals surface area (Å²) < 4.78 is 13.1. The third kappa shape index (κ3) is 4.40. The second-order valence-corrected chi connectivity index (χ2v) is 3.64. The van der Waals surface area contributed by atoms with Crippen LogP contribution in [0.25, 0.3) is 0 Å². The van der Waals surface area contributed by atoms with E-state index in [0.717, 1.165) is 0 Å². The first kappa shape index (κ1) is 12.6. The average Bonchev–Trinajstić information content (AvgIpc) is 2.25. The first-order valence-electron chi connectivity index (χ1n) is 4.78. The van der Waals surface area contributed by atoms with E-state index < -0.39 is 5.24 Å². The van der Waals surface area contributed by atoms with Crippen LogP contribution in [0.4, 0.5) is 4.39 Å². The van der Waals surface area contributed by atoms with E-state index >= 15 is 0 Å². The summed E-state index contributed by atoms with van der Waals surface area (Å²) in [5, 5.41) is 1.95. The molecule has 0 heterocycles. The average molecular weight is 244 g/mol. The SMILES string of the molecule is O=C(Cl)CCC(=O)NCc1ccccc1F. The monoisotopic (exact) mass is 243 g/mol. The van der Waals surface area contributed by atoms with Crippen molar-refractivity contribution in [2.45, 2.75) is 19.4 Å². The maximum absolute atomic E-state index is 13.1. The topological polar surface area (TPSA) is 46.2 Å². The molecule has 0 radical (unpaired) electrons. The fraction of sp³-hybridized carbons (Fsp3) is 0.273. The highest BCUT2D eigenvalue weighted by molar-refractivity contribution is 6.63. The van der Waals surface area contributed by atoms with E-state index in [4.69, 9.17) is 11.6 Å². The second-order valence-electron chi connectivity index (χ2n) is 3.22. The summed E-state index contributed by atoms with van der Waals surface area (Å²) in [6.45, 7) is 0.113. The van der Waals surface area contributed by atoms with Gasteiger partial charge >= 0.3 is 0 Å². The molecule has 0 atom stereocenters. The highest BCUT2D eigenvalue weighted by atomic mass is 35.5. The fourth-order valence-electron chi connectivity index (χ4n) is 1.14. The van der Waals surface area contributed by atoms with Gasteiger partial charge in [-0.25, -0.2) is 4.39 Å². The molecule has 5 heteroatoms. The molecule has 0 saturated heterocycles. The molecule has 86 valence electrons. The Balaban J connectivity index is 2.37. The molecule has 0 bridgehead atoms. The molecule has 0 aliphatic heterocycles. The molecule has 0 aliphatic carbocycles. The predicted octanol–water partition coefficient (Wildman–Crippen LogP) is 1.99. The van der Waals surface area contributed by atoms with Crippen LogP contribution in [0.1, 0.15) is 18.4 Å². The zero-order chi connectivity index (χ0) is 12.0. The van der Waals surface area contributed by atoms with Gasteiger partial charge in [0.25, 0.3) is 0 Å². The number of amides is 1. The number of nitrogens with one attached hydrogen (secondary N) is 1. The number of rotatable bonds is 5. The molecular formula is C11H11ClFNO2. The molecule has 0 aliphatic rings. The Hall–Kier alpha value is -1.42. The lowest BCUT2D eigenvalue weighted by atomic mass is 10.2. The Labute approximate surface area is 97.6 Å². The highest BCUT2D eigenvalue weighted by Crippen LogP contribution is 2.05. The largest absolute Gasteiger partial charge is 0.352 e. The first-order valence-corrected chi connectivity index (χ1v) is 5.16. The lowest BCUT2D eigenvalue weighted by molar-refractivity contribution is -0.123. The smallest absolute Gasteiger partial charge is 0.222 e. The first-order chi connectivity index (χ1) is 7.59. The van der Waals surface area contributed by atoms with Crippen molar-refractivity contribution in [1.82, 2.24) is 5.32 Å². The summed E-state index contributed by atoms with van der Waals surface area (Å²) in [6, 6.07) is 6.17. The maximum atomic E-state index is 13.1. The van der Waals surface area contributed by atoms with Gasteiger partial charge in [0.2, 0.25) is 11.1 Å². The molecule has 1 aromatic carbocycles. The van der Waals surface area contributed by atoms with Gasteiger partial charge in [-0.15, -0.1) is 0 Å². The van der Waals surface area contributed by atoms with Gasteiger partial charge in [-0.3, -0.25) is 9.59 Å². The van der Waals surface area contributed by atoms with Crippen LogP contribution in [0.3, 0.4) is 0 Å². The van der Waals surface area contributed by atoms with Crippen LogP contribution >= 0.6 is 11.6 Å². The van der Waals surface area contributed by atoms with Gasteiger partial charge in [0.1, 0.15) is 5.82 Å². The number of hydrogen-bond donors (Lipinski definition) is 1. The summed E-state index contributed by atoms with van der Waals surface area (Å²) in [5.41, 5.74) is 0.410. The van der Waals surface area contributed by atoms with Gasteiger partial charge in [-0.1, -0.05) is 18.2 Å². The van der Waals surface area contributed by atoms with E-state index in [2.05, 4.69) is 5.32 Å². The van der Waals surface area contributed by atoms with E-state index in [-0.39, 0.29) is 31.1 Å². The molecule has 1 amide bonds. The van der Waals surface area contributed by atoms with E-state index in [0.29, 0.717) is 5.56 Å². The Morgan fingerprint density at radius 2 is 1.94 bits per heavy atom. The number of benzene rings is 1. The molecular weight excluding hydrogens is 233 g/mol. The number of hydrogen-bond acceptors (Lipinski definition) is 2. The van der Waals surface area contributed by atoms with Crippen molar-refractivity contribution in [3.63, 3.8) is 0 Å². The highest BCUT2D eigenvalue weighted by Gasteiger charge is 2.06. The van der Waals surface area contributed by atoms with Crippen LogP contribution in [0.15, 0.2) is 24.3 Å². The van der Waals surface area contributed by atoms with Gasteiger partial charge in [0.05, 0.1) is 0 Å². The van der Waals surface area contributed by atoms with Crippen molar-refractivity contribution in [3.8, 4) is 0 Å². The molecule has 1 aromatic rings. The van der Waals surface area contributed by atoms with Gasteiger partial charge in [-0.05, 0) is 17.7 Å². The lowest BCUT2D eigenvalue weighted by Gasteiger charge is -2.05. The van der Waals surface area contributed by atoms with Crippen LogP contribution in [-0.4, -0.2) is 11.1 Å². The normalized spacial score (nSPS) is 9.88. The van der Waals surface area contributed by atoms with E-state index in [1.165, 1.54) is 6.07 Å². The van der Waals surface area contributed by atoms with E-state index in [9.17, 15) is 14.0 Å². The molecule has 3 nitrogen and oxygen atoms in total. The molecule has 0 aromatic heterocycles. The number of carbonyl (C=O) groups is 2. The quantitative estimate of drug-likeness (QED) is 0.804. The van der Waals surface area contributed by atoms with Gasteiger partial charge in [0, 0.05) is 24.9 Å². The van der Waals surface area contributed by atoms with Crippen LogP contribution in [0.2, 0.25) is 0 Å². The van der Waals surface area contributed by atoms with Crippen molar-refractivity contribution < 1.29 is 14.0 Å². The van der Waals surface area contributed by atoms with Crippen molar-refractivity contribution in [2.75, 3.05) is 0 Å². The Bertz CT molecular complexity index is 395. The molecule has 16 heavy (non-hydrogen) atoms. The van der Waals surface area contributed by atoms with Crippen LogP contribution in [0, 0.1) is 5.82 Å². The molecule has 1 N–H and O–H groups in total. The predicted molar refractivity (Wildman–Crippen MR) is 58.3 cm³/mol. The zero-order valence-corrected chi connectivity index (χ0v) is 9.26. The van der Waals surface area contributed by atoms with Crippen LogP contribution in [-0.2, 0) is 16.1 Å². The minimum absolute atomic E-state index is 0.00927. The summed E-state index contributed by atoms with van der Waals surface area (Å²) in [7, 11) is 0. The standard InChI is InChI=1S/C11H11ClFNO2/c12-10(15)5-6-11(16)14-7-8-3-1-2-4-9(8)13/h1-4H,5-7H2,(H,14,16). The van der Waals surface area contributed by atoms with Crippen molar-refractivity contribution in [3.05, 3.63) is 35.6 Å². The molecule has 1 rings (SSSR count). The Morgan fingerprint density at radius 3 is 2.56 bits per heavy atom. The minimum Gasteiger partial charge on any atom is -0.352 e. The Morgan fingerprint density at radius 1 is 1.25 bits per heavy atom. The second kappa shape index (κ2) is 6.23. The molecule has 0 fully saturated rings. The maximum Gasteiger partial charge on any atom is 0.222 e. The van der Waals surface area contributed by atoms with Crippen molar-refractivity contribution in [1.29, 1.82) is 0 Å². The van der Waals surface area contributed by atoms with Crippen LogP contribution in [0.5, 0.6) is 0 Å². The van der Waals surface area contributed by atoms with Gasteiger partial charge < -0.3 is 5.32 Å². The molecule has 0 unspecified atom stereocenters. The summed E-state index contributed by atoms with van der Waals surface area (Å²) in [6.07, 6.45) is 0.0153. The summed E-state index contributed by atoms with van der Waals surface area (Å²) in [5.74, 6) is -0.687. The van der Waals surface area contributed by atoms with Crippen LogP contribution < -0.4 is 5.32 Å². The van der Waals surface area contributed by atoms with Crippen molar-refractivity contribution >= 4 is 22.8 Å². The summed E-state index contributed by atoms with van der Waals surface area (Å²) in [4.78, 5) is 21.6. The fourth-order valence-corrected chi connectivity index (χ4v) is 1.23. The minimum atomic E-state index is -0.555. The number of halogens is 2.